The molecule has 0 bridgehead atoms. The number of hydrogen-bond acceptors (Lipinski definition) is 4. The van der Waals surface area contributed by atoms with Crippen molar-refractivity contribution in [3.63, 3.8) is 0 Å². The van der Waals surface area contributed by atoms with Crippen molar-refractivity contribution in [1.82, 2.24) is 0 Å². The second-order valence-corrected chi connectivity index (χ2v) is 6.00. The molecule has 6 heteroatoms. The van der Waals surface area contributed by atoms with E-state index in [4.69, 9.17) is 14.6 Å². The van der Waals surface area contributed by atoms with E-state index in [1.54, 1.807) is 36.4 Å². The Labute approximate surface area is 149 Å². The first-order valence-electron chi connectivity index (χ1n) is 7.60. The van der Waals surface area contributed by atoms with E-state index in [0.717, 1.165) is 12.0 Å². The molecule has 0 aliphatic heterocycles. The SMILES string of the molecule is CCCOc1c(Br)cc(C(=O)Nc2cccc(CO)c2)cc1OC. The molecule has 0 atom stereocenters. The standard InChI is InChI=1S/C18H20BrNO4/c1-3-7-24-17-15(19)9-13(10-16(17)23-2)18(22)20-14-6-4-5-12(8-14)11-21/h4-6,8-10,21H,3,7,11H2,1-2H3,(H,20,22). The highest BCUT2D eigenvalue weighted by Gasteiger charge is 2.16. The molecule has 0 saturated heterocycles. The molecular weight excluding hydrogens is 374 g/mol. The van der Waals surface area contributed by atoms with Crippen LogP contribution < -0.4 is 14.8 Å². The fourth-order valence-corrected chi connectivity index (χ4v) is 2.70. The van der Waals surface area contributed by atoms with Gasteiger partial charge in [0.15, 0.2) is 11.5 Å². The van der Waals surface area contributed by atoms with Gasteiger partial charge >= 0.3 is 0 Å². The first-order valence-corrected chi connectivity index (χ1v) is 8.39. The summed E-state index contributed by atoms with van der Waals surface area (Å²) in [7, 11) is 1.53. The number of ether oxygens (including phenoxy) is 2. The largest absolute Gasteiger partial charge is 0.493 e. The summed E-state index contributed by atoms with van der Waals surface area (Å²) in [5, 5.41) is 12.0. The molecule has 1 amide bonds. The minimum absolute atomic E-state index is 0.0768. The molecule has 2 aromatic carbocycles. The first kappa shape index (κ1) is 18.3. The van der Waals surface area contributed by atoms with Crippen LogP contribution in [0.4, 0.5) is 5.69 Å². The summed E-state index contributed by atoms with van der Waals surface area (Å²) in [6.45, 7) is 2.50. The highest BCUT2D eigenvalue weighted by Crippen LogP contribution is 2.37. The number of hydrogen-bond donors (Lipinski definition) is 2. The van der Waals surface area contributed by atoms with E-state index >= 15 is 0 Å². The van der Waals surface area contributed by atoms with Crippen LogP contribution in [0.2, 0.25) is 0 Å². The van der Waals surface area contributed by atoms with Crippen LogP contribution in [-0.2, 0) is 6.61 Å². The maximum atomic E-state index is 12.5. The highest BCUT2D eigenvalue weighted by molar-refractivity contribution is 9.10. The van der Waals surface area contributed by atoms with Gasteiger partial charge in [-0.1, -0.05) is 19.1 Å². The zero-order valence-corrected chi connectivity index (χ0v) is 15.2. The molecule has 0 aliphatic rings. The van der Waals surface area contributed by atoms with Gasteiger partial charge in [-0.2, -0.15) is 0 Å². The van der Waals surface area contributed by atoms with Crippen LogP contribution in [0, 0.1) is 0 Å². The lowest BCUT2D eigenvalue weighted by atomic mass is 10.1. The Bertz CT molecular complexity index is 718. The van der Waals surface area contributed by atoms with Crippen molar-refractivity contribution in [1.29, 1.82) is 0 Å². The number of benzene rings is 2. The summed E-state index contributed by atoms with van der Waals surface area (Å²) in [5.74, 6) is 0.802. The lowest BCUT2D eigenvalue weighted by molar-refractivity contribution is 0.102. The van der Waals surface area contributed by atoms with Crippen molar-refractivity contribution in [2.24, 2.45) is 0 Å². The van der Waals surface area contributed by atoms with Gasteiger partial charge in [0.1, 0.15) is 0 Å². The number of nitrogens with one attached hydrogen (secondary N) is 1. The third-order valence-corrected chi connectivity index (χ3v) is 3.90. The third-order valence-electron chi connectivity index (χ3n) is 3.31. The number of aliphatic hydroxyl groups excluding tert-OH is 1. The van der Waals surface area contributed by atoms with Gasteiger partial charge in [0, 0.05) is 11.3 Å². The van der Waals surface area contributed by atoms with Crippen molar-refractivity contribution < 1.29 is 19.4 Å². The van der Waals surface area contributed by atoms with Crippen LogP contribution >= 0.6 is 15.9 Å². The Kier molecular flexibility index (Phi) is 6.63. The number of methoxy groups -OCH3 is 1. The number of anilines is 1. The molecule has 0 heterocycles. The fourth-order valence-electron chi connectivity index (χ4n) is 2.15. The van der Waals surface area contributed by atoms with E-state index in [9.17, 15) is 4.79 Å². The number of aliphatic hydroxyl groups is 1. The Morgan fingerprint density at radius 2 is 2.08 bits per heavy atom. The average Bonchev–Trinajstić information content (AvgIpc) is 2.60. The van der Waals surface area contributed by atoms with Gasteiger partial charge in [-0.05, 0) is 52.2 Å². The summed E-state index contributed by atoms with van der Waals surface area (Å²) in [6, 6.07) is 10.4. The Morgan fingerprint density at radius 1 is 1.29 bits per heavy atom. The van der Waals surface area contributed by atoms with Gasteiger partial charge in [0.2, 0.25) is 0 Å². The van der Waals surface area contributed by atoms with Gasteiger partial charge in [-0.3, -0.25) is 4.79 Å². The zero-order valence-electron chi connectivity index (χ0n) is 13.6. The van der Waals surface area contributed by atoms with E-state index in [2.05, 4.69) is 21.2 Å². The van der Waals surface area contributed by atoms with Gasteiger partial charge in [-0.15, -0.1) is 0 Å². The number of rotatable bonds is 7. The van der Waals surface area contributed by atoms with E-state index in [1.165, 1.54) is 7.11 Å². The Balaban J connectivity index is 2.24. The molecule has 2 rings (SSSR count). The lowest BCUT2D eigenvalue weighted by Crippen LogP contribution is -2.12. The summed E-state index contributed by atoms with van der Waals surface area (Å²) in [5.41, 5.74) is 1.79. The molecule has 0 spiro atoms. The summed E-state index contributed by atoms with van der Waals surface area (Å²) in [6.07, 6.45) is 0.874. The van der Waals surface area contributed by atoms with Crippen molar-refractivity contribution in [3.05, 3.63) is 52.0 Å². The third kappa shape index (κ3) is 4.49. The van der Waals surface area contributed by atoms with E-state index < -0.39 is 0 Å². The smallest absolute Gasteiger partial charge is 0.255 e. The predicted octanol–water partition coefficient (Wildman–Crippen LogP) is 3.99. The molecule has 0 radical (unpaired) electrons. The highest BCUT2D eigenvalue weighted by atomic mass is 79.9. The van der Waals surface area contributed by atoms with E-state index in [0.29, 0.717) is 33.8 Å². The Hall–Kier alpha value is -2.05. The van der Waals surface area contributed by atoms with Crippen LogP contribution in [0.1, 0.15) is 29.3 Å². The Morgan fingerprint density at radius 3 is 2.75 bits per heavy atom. The van der Waals surface area contributed by atoms with Crippen LogP contribution in [0.3, 0.4) is 0 Å². The first-order chi connectivity index (χ1) is 11.6. The number of amides is 1. The number of carbonyl (C=O) groups is 1. The quantitative estimate of drug-likeness (QED) is 0.745. The second-order valence-electron chi connectivity index (χ2n) is 5.15. The van der Waals surface area contributed by atoms with E-state index in [-0.39, 0.29) is 12.5 Å². The maximum absolute atomic E-state index is 12.5. The molecule has 5 nitrogen and oxygen atoms in total. The van der Waals surface area contributed by atoms with Gasteiger partial charge < -0.3 is 19.9 Å². The van der Waals surface area contributed by atoms with Crippen molar-refractivity contribution in [3.8, 4) is 11.5 Å². The summed E-state index contributed by atoms with van der Waals surface area (Å²) < 4.78 is 11.6. The molecule has 0 saturated carbocycles. The van der Waals surface area contributed by atoms with Crippen molar-refractivity contribution in [2.45, 2.75) is 20.0 Å². The summed E-state index contributed by atoms with van der Waals surface area (Å²) in [4.78, 5) is 12.5. The molecule has 0 unspecified atom stereocenters. The van der Waals surface area contributed by atoms with Crippen molar-refractivity contribution in [2.75, 3.05) is 19.0 Å². The average molecular weight is 394 g/mol. The molecule has 24 heavy (non-hydrogen) atoms. The van der Waals surface area contributed by atoms with Crippen LogP contribution in [0.25, 0.3) is 0 Å². The fraction of sp³-hybridized carbons (Fsp3) is 0.278. The summed E-state index contributed by atoms with van der Waals surface area (Å²) >= 11 is 3.43. The molecule has 128 valence electrons. The van der Waals surface area contributed by atoms with Gasteiger partial charge in [0.05, 0.1) is 24.8 Å². The molecule has 0 fully saturated rings. The number of halogens is 1. The molecule has 2 aromatic rings. The van der Waals surface area contributed by atoms with Crippen molar-refractivity contribution >= 4 is 27.5 Å². The van der Waals surface area contributed by atoms with E-state index in [1.807, 2.05) is 6.92 Å². The topological polar surface area (TPSA) is 67.8 Å². The normalized spacial score (nSPS) is 10.3. The maximum Gasteiger partial charge on any atom is 0.255 e. The minimum Gasteiger partial charge on any atom is -0.493 e. The zero-order chi connectivity index (χ0) is 17.5. The second kappa shape index (κ2) is 8.70. The minimum atomic E-state index is -0.272. The lowest BCUT2D eigenvalue weighted by Gasteiger charge is -2.14. The van der Waals surface area contributed by atoms with Crippen LogP contribution in [0.15, 0.2) is 40.9 Å². The molecular formula is C18H20BrNO4. The molecule has 0 aromatic heterocycles. The predicted molar refractivity (Wildman–Crippen MR) is 96.8 cm³/mol. The molecule has 2 N–H and O–H groups in total. The van der Waals surface area contributed by atoms with Gasteiger partial charge in [0.25, 0.3) is 5.91 Å². The van der Waals surface area contributed by atoms with Gasteiger partial charge in [-0.25, -0.2) is 0 Å². The monoisotopic (exact) mass is 393 g/mol. The van der Waals surface area contributed by atoms with Crippen LogP contribution in [0.5, 0.6) is 11.5 Å². The van der Waals surface area contributed by atoms with Crippen LogP contribution in [-0.4, -0.2) is 24.7 Å². The molecule has 0 aliphatic carbocycles. The number of carbonyl (C=O) groups excluding carboxylic acids is 1.